The van der Waals surface area contributed by atoms with Crippen LogP contribution < -0.4 is 0 Å². The van der Waals surface area contributed by atoms with Gasteiger partial charge in [0.25, 0.3) is 0 Å². The van der Waals surface area contributed by atoms with Gasteiger partial charge >= 0.3 is 5.97 Å². The number of hydrogen-bond donors (Lipinski definition) is 1. The van der Waals surface area contributed by atoms with E-state index in [1.165, 1.54) is 11.1 Å². The fraction of sp³-hybridized carbons (Fsp3) is 0.562. The molecule has 1 atom stereocenters. The smallest absolute Gasteiger partial charge is 0.307 e. The molecule has 1 heterocycles. The molecule has 1 aromatic rings. The molecule has 1 unspecified atom stereocenters. The van der Waals surface area contributed by atoms with Gasteiger partial charge in [0.15, 0.2) is 0 Å². The average Bonchev–Trinajstić information content (AvgIpc) is 2.80. The molecule has 3 heteroatoms. The van der Waals surface area contributed by atoms with Crippen LogP contribution in [0.25, 0.3) is 0 Å². The fourth-order valence-electron chi connectivity index (χ4n) is 2.69. The number of aliphatic carboxylic acids is 1. The van der Waals surface area contributed by atoms with Crippen LogP contribution in [0, 0.1) is 11.8 Å². The lowest BCUT2D eigenvalue weighted by Crippen LogP contribution is -2.22. The topological polar surface area (TPSA) is 40.5 Å². The number of rotatable bonds is 5. The predicted octanol–water partition coefficient (Wildman–Crippen LogP) is 2.79. The quantitative estimate of drug-likeness (QED) is 0.886. The Bertz CT molecular complexity index is 425. The molecule has 1 fully saturated rings. The van der Waals surface area contributed by atoms with E-state index in [1.54, 1.807) is 0 Å². The van der Waals surface area contributed by atoms with Gasteiger partial charge in [0.1, 0.15) is 0 Å². The second-order valence-corrected chi connectivity index (χ2v) is 5.97. The maximum absolute atomic E-state index is 10.9. The van der Waals surface area contributed by atoms with E-state index in [0.29, 0.717) is 12.5 Å². The van der Waals surface area contributed by atoms with Gasteiger partial charge in [0, 0.05) is 13.1 Å². The minimum Gasteiger partial charge on any atom is -0.481 e. The minimum absolute atomic E-state index is 0.180. The van der Waals surface area contributed by atoms with Gasteiger partial charge in [-0.1, -0.05) is 38.1 Å². The Morgan fingerprint density at radius 3 is 2.47 bits per heavy atom. The molecule has 0 aliphatic carbocycles. The van der Waals surface area contributed by atoms with Crippen LogP contribution >= 0.6 is 0 Å². The Labute approximate surface area is 115 Å². The van der Waals surface area contributed by atoms with E-state index in [2.05, 4.69) is 43.0 Å². The number of carbonyl (C=O) groups is 1. The molecule has 0 saturated carbocycles. The van der Waals surface area contributed by atoms with E-state index in [1.807, 2.05) is 0 Å². The summed E-state index contributed by atoms with van der Waals surface area (Å²) >= 11 is 0. The Kier molecular flexibility index (Phi) is 4.59. The summed E-state index contributed by atoms with van der Waals surface area (Å²) in [6.45, 7) is 6.90. The molecule has 2 rings (SSSR count). The first-order chi connectivity index (χ1) is 9.04. The zero-order chi connectivity index (χ0) is 13.8. The first-order valence-corrected chi connectivity index (χ1v) is 7.07. The van der Waals surface area contributed by atoms with Gasteiger partial charge in [0.2, 0.25) is 0 Å². The van der Waals surface area contributed by atoms with E-state index in [9.17, 15) is 4.79 Å². The van der Waals surface area contributed by atoms with Crippen molar-refractivity contribution in [3.8, 4) is 0 Å². The molecule has 1 N–H and O–H groups in total. The third-order valence-electron chi connectivity index (χ3n) is 3.69. The van der Waals surface area contributed by atoms with Gasteiger partial charge in [-0.15, -0.1) is 0 Å². The van der Waals surface area contributed by atoms with Crippen LogP contribution in [-0.2, 0) is 17.8 Å². The van der Waals surface area contributed by atoms with Crippen LogP contribution in [0.2, 0.25) is 0 Å². The summed E-state index contributed by atoms with van der Waals surface area (Å²) in [6, 6.07) is 8.73. The highest BCUT2D eigenvalue weighted by atomic mass is 16.4. The highest BCUT2D eigenvalue weighted by Crippen LogP contribution is 2.19. The number of likely N-dealkylation sites (tertiary alicyclic amines) is 1. The lowest BCUT2D eigenvalue weighted by atomic mass is 10.0. The number of hydrogen-bond acceptors (Lipinski definition) is 2. The zero-order valence-corrected chi connectivity index (χ0v) is 11.8. The summed E-state index contributed by atoms with van der Waals surface area (Å²) < 4.78 is 0. The van der Waals surface area contributed by atoms with Gasteiger partial charge in [-0.2, -0.15) is 0 Å². The summed E-state index contributed by atoms with van der Waals surface area (Å²) in [5.41, 5.74) is 2.65. The number of carboxylic acid groups (broad SMARTS) is 1. The molecule has 0 radical (unpaired) electrons. The van der Waals surface area contributed by atoms with E-state index in [0.717, 1.165) is 25.9 Å². The molecule has 1 aliphatic heterocycles. The van der Waals surface area contributed by atoms with Crippen LogP contribution in [0.1, 0.15) is 31.4 Å². The van der Waals surface area contributed by atoms with Crippen LogP contribution in [0.4, 0.5) is 0 Å². The van der Waals surface area contributed by atoms with Crippen LogP contribution in [0.5, 0.6) is 0 Å². The van der Waals surface area contributed by atoms with E-state index in [4.69, 9.17) is 5.11 Å². The lowest BCUT2D eigenvalue weighted by molar-refractivity contribution is -0.141. The van der Waals surface area contributed by atoms with Crippen molar-refractivity contribution in [1.82, 2.24) is 4.90 Å². The Hall–Kier alpha value is -1.35. The lowest BCUT2D eigenvalue weighted by Gasteiger charge is -2.15. The van der Waals surface area contributed by atoms with Crippen molar-refractivity contribution in [3.05, 3.63) is 35.4 Å². The maximum Gasteiger partial charge on any atom is 0.307 e. The highest BCUT2D eigenvalue weighted by Gasteiger charge is 2.27. The van der Waals surface area contributed by atoms with E-state index < -0.39 is 5.97 Å². The monoisotopic (exact) mass is 261 g/mol. The first-order valence-electron chi connectivity index (χ1n) is 7.07. The third-order valence-corrected chi connectivity index (χ3v) is 3.69. The van der Waals surface area contributed by atoms with Gasteiger partial charge in [-0.25, -0.2) is 0 Å². The average molecular weight is 261 g/mol. The Morgan fingerprint density at radius 2 is 1.95 bits per heavy atom. The standard InChI is InChI=1S/C16H23NO2/c1-12(2)9-13-3-5-14(6-4-13)10-17-8-7-15(11-17)16(18)19/h3-6,12,15H,7-11H2,1-2H3,(H,18,19). The van der Waals surface area contributed by atoms with Crippen molar-refractivity contribution in [1.29, 1.82) is 0 Å². The Morgan fingerprint density at radius 1 is 1.32 bits per heavy atom. The molecule has 1 aromatic carbocycles. The summed E-state index contributed by atoms with van der Waals surface area (Å²) in [4.78, 5) is 13.2. The maximum atomic E-state index is 10.9. The first kappa shape index (κ1) is 14.1. The molecule has 19 heavy (non-hydrogen) atoms. The van der Waals surface area contributed by atoms with Crippen molar-refractivity contribution in [2.45, 2.75) is 33.2 Å². The SMILES string of the molecule is CC(C)Cc1ccc(CN2CCC(C(=O)O)C2)cc1. The summed E-state index contributed by atoms with van der Waals surface area (Å²) in [5.74, 6) is -0.157. The zero-order valence-electron chi connectivity index (χ0n) is 11.8. The Balaban J connectivity index is 1.88. The summed E-state index contributed by atoms with van der Waals surface area (Å²) in [6.07, 6.45) is 1.89. The molecule has 3 nitrogen and oxygen atoms in total. The van der Waals surface area contributed by atoms with Crippen LogP contribution in [-0.4, -0.2) is 29.1 Å². The molecule has 1 saturated heterocycles. The largest absolute Gasteiger partial charge is 0.481 e. The van der Waals surface area contributed by atoms with E-state index >= 15 is 0 Å². The second-order valence-electron chi connectivity index (χ2n) is 5.97. The number of carboxylic acids is 1. The van der Waals surface area contributed by atoms with E-state index in [-0.39, 0.29) is 5.92 Å². The normalized spacial score (nSPS) is 20.1. The van der Waals surface area contributed by atoms with Crippen LogP contribution in [0.15, 0.2) is 24.3 Å². The molecule has 1 aliphatic rings. The van der Waals surface area contributed by atoms with Crippen molar-refractivity contribution in [3.63, 3.8) is 0 Å². The molecular weight excluding hydrogens is 238 g/mol. The van der Waals surface area contributed by atoms with Crippen molar-refractivity contribution in [2.75, 3.05) is 13.1 Å². The van der Waals surface area contributed by atoms with Crippen molar-refractivity contribution in [2.24, 2.45) is 11.8 Å². The molecule has 0 spiro atoms. The van der Waals surface area contributed by atoms with Crippen LogP contribution in [0.3, 0.4) is 0 Å². The number of nitrogens with zero attached hydrogens (tertiary/aromatic N) is 1. The number of benzene rings is 1. The summed E-state index contributed by atoms with van der Waals surface area (Å²) in [7, 11) is 0. The van der Waals surface area contributed by atoms with Gasteiger partial charge in [-0.3, -0.25) is 9.69 Å². The van der Waals surface area contributed by atoms with Crippen molar-refractivity contribution < 1.29 is 9.90 Å². The highest BCUT2D eigenvalue weighted by molar-refractivity contribution is 5.70. The molecule has 104 valence electrons. The molecule has 0 amide bonds. The third kappa shape index (κ3) is 4.06. The molecule has 0 bridgehead atoms. The van der Waals surface area contributed by atoms with Gasteiger partial charge in [-0.05, 0) is 36.4 Å². The predicted molar refractivity (Wildman–Crippen MR) is 76.0 cm³/mol. The minimum atomic E-state index is -0.658. The molecule has 0 aromatic heterocycles. The van der Waals surface area contributed by atoms with Crippen molar-refractivity contribution >= 4 is 5.97 Å². The fourth-order valence-corrected chi connectivity index (χ4v) is 2.69. The van der Waals surface area contributed by atoms with Gasteiger partial charge < -0.3 is 5.11 Å². The van der Waals surface area contributed by atoms with Gasteiger partial charge in [0.05, 0.1) is 5.92 Å². The summed E-state index contributed by atoms with van der Waals surface area (Å²) in [5, 5.41) is 8.99. The second kappa shape index (κ2) is 6.20. The molecular formula is C16H23NO2.